The smallest absolute Gasteiger partial charge is 0.330 e. The summed E-state index contributed by atoms with van der Waals surface area (Å²) in [6.45, 7) is 15.0. The fourth-order valence-electron chi connectivity index (χ4n) is 3.37. The molecule has 0 saturated heterocycles. The highest BCUT2D eigenvalue weighted by Gasteiger charge is 2.50. The van der Waals surface area contributed by atoms with E-state index >= 15 is 0 Å². The maximum atomic E-state index is 11.6. The van der Waals surface area contributed by atoms with E-state index in [2.05, 4.69) is 27.0 Å². The summed E-state index contributed by atoms with van der Waals surface area (Å²) >= 11 is 0. The molecule has 4 unspecified atom stereocenters. The minimum atomic E-state index is -0.825. The molecule has 0 N–H and O–H groups in total. The van der Waals surface area contributed by atoms with Gasteiger partial charge in [-0.3, -0.25) is 0 Å². The van der Waals surface area contributed by atoms with Crippen LogP contribution >= 0.6 is 0 Å². The molecule has 4 atom stereocenters. The minimum absolute atomic E-state index is 0.102. The van der Waals surface area contributed by atoms with Crippen LogP contribution in [0.3, 0.4) is 0 Å². The Bertz CT molecular complexity index is 427. The molecule has 1 rings (SSSR count). The Labute approximate surface area is 127 Å². The lowest BCUT2D eigenvalue weighted by molar-refractivity contribution is -0.197. The topological polar surface area (TPSA) is 52.6 Å². The van der Waals surface area contributed by atoms with E-state index in [1.54, 1.807) is 0 Å². The molecule has 0 aromatic rings. The van der Waals surface area contributed by atoms with Crippen LogP contribution in [-0.4, -0.2) is 23.6 Å². The maximum Gasteiger partial charge on any atom is 0.330 e. The quantitative estimate of drug-likeness (QED) is 0.577. The first kappa shape index (κ1) is 17.5. The van der Waals surface area contributed by atoms with Crippen molar-refractivity contribution >= 4 is 11.9 Å². The van der Waals surface area contributed by atoms with Crippen molar-refractivity contribution in [1.82, 2.24) is 0 Å². The zero-order chi connectivity index (χ0) is 16.2. The fourth-order valence-corrected chi connectivity index (χ4v) is 3.37. The van der Waals surface area contributed by atoms with E-state index in [1.807, 2.05) is 13.8 Å². The van der Waals surface area contributed by atoms with Crippen LogP contribution in [0.15, 0.2) is 25.3 Å². The van der Waals surface area contributed by atoms with E-state index in [4.69, 9.17) is 9.47 Å². The predicted molar refractivity (Wildman–Crippen MR) is 81.5 cm³/mol. The number of carbonyl (C=O) groups is 2. The third kappa shape index (κ3) is 3.96. The fraction of sp³-hybridized carbons (Fsp3) is 0.647. The van der Waals surface area contributed by atoms with Gasteiger partial charge in [-0.05, 0) is 31.6 Å². The molecule has 118 valence electrons. The van der Waals surface area contributed by atoms with Crippen LogP contribution in [0.25, 0.3) is 0 Å². The summed E-state index contributed by atoms with van der Waals surface area (Å²) in [4.78, 5) is 23.3. The lowest BCUT2D eigenvalue weighted by Crippen LogP contribution is -2.55. The molecule has 1 aliphatic carbocycles. The van der Waals surface area contributed by atoms with Gasteiger partial charge in [0, 0.05) is 18.1 Å². The van der Waals surface area contributed by atoms with Crippen LogP contribution in [0.4, 0.5) is 0 Å². The van der Waals surface area contributed by atoms with E-state index in [-0.39, 0.29) is 5.92 Å². The summed E-state index contributed by atoms with van der Waals surface area (Å²) in [5.74, 6) is 0.0162. The normalized spacial score (nSPS) is 32.3. The van der Waals surface area contributed by atoms with Crippen LogP contribution in [0, 0.1) is 17.8 Å². The summed E-state index contributed by atoms with van der Waals surface area (Å²) in [7, 11) is 0. The molecule has 21 heavy (non-hydrogen) atoms. The molecule has 1 saturated carbocycles. The molecule has 0 spiro atoms. The molecular weight excluding hydrogens is 268 g/mol. The predicted octanol–water partition coefficient (Wildman–Crippen LogP) is 3.27. The van der Waals surface area contributed by atoms with Crippen molar-refractivity contribution in [3.63, 3.8) is 0 Å². The molecule has 0 aromatic carbocycles. The molecule has 1 aliphatic rings. The molecule has 0 bridgehead atoms. The minimum Gasteiger partial charge on any atom is -0.455 e. The SMILES string of the molecule is C=CC(=O)OC1C(C)C(C(C)C)CCC1(C)OC(=O)C=C. The van der Waals surface area contributed by atoms with Gasteiger partial charge >= 0.3 is 11.9 Å². The molecule has 0 aromatic heterocycles. The summed E-state index contributed by atoms with van der Waals surface area (Å²) in [6, 6.07) is 0. The summed E-state index contributed by atoms with van der Waals surface area (Å²) in [6.07, 6.45) is 3.39. The summed E-state index contributed by atoms with van der Waals surface area (Å²) < 4.78 is 11.0. The van der Waals surface area contributed by atoms with Crippen LogP contribution < -0.4 is 0 Å². The highest BCUT2D eigenvalue weighted by molar-refractivity contribution is 5.82. The van der Waals surface area contributed by atoms with Crippen LogP contribution in [0.2, 0.25) is 0 Å². The molecule has 0 heterocycles. The molecular formula is C17H26O4. The number of carbonyl (C=O) groups excluding carboxylic acids is 2. The van der Waals surface area contributed by atoms with E-state index in [9.17, 15) is 9.59 Å². The van der Waals surface area contributed by atoms with Gasteiger partial charge < -0.3 is 9.47 Å². The van der Waals surface area contributed by atoms with Crippen molar-refractivity contribution in [2.45, 2.75) is 52.2 Å². The van der Waals surface area contributed by atoms with Crippen molar-refractivity contribution in [3.8, 4) is 0 Å². The second-order valence-corrected chi connectivity index (χ2v) is 6.31. The molecule has 4 nitrogen and oxygen atoms in total. The third-order valence-corrected chi connectivity index (χ3v) is 4.50. The van der Waals surface area contributed by atoms with Crippen LogP contribution in [0.1, 0.15) is 40.5 Å². The van der Waals surface area contributed by atoms with Crippen molar-refractivity contribution < 1.29 is 19.1 Å². The van der Waals surface area contributed by atoms with Gasteiger partial charge in [0.15, 0.2) is 0 Å². The molecule has 1 fully saturated rings. The van der Waals surface area contributed by atoms with Gasteiger partial charge in [0.05, 0.1) is 0 Å². The lowest BCUT2D eigenvalue weighted by Gasteiger charge is -2.47. The lowest BCUT2D eigenvalue weighted by atomic mass is 9.67. The average molecular weight is 294 g/mol. The van der Waals surface area contributed by atoms with Crippen LogP contribution in [0.5, 0.6) is 0 Å². The number of esters is 2. The first-order valence-corrected chi connectivity index (χ1v) is 7.43. The number of hydrogen-bond donors (Lipinski definition) is 0. The summed E-state index contributed by atoms with van der Waals surface area (Å²) in [5.41, 5.74) is -0.825. The number of rotatable bonds is 5. The van der Waals surface area contributed by atoms with Crippen molar-refractivity contribution in [1.29, 1.82) is 0 Å². The summed E-state index contributed by atoms with van der Waals surface area (Å²) in [5, 5.41) is 0. The Morgan fingerprint density at radius 2 is 1.81 bits per heavy atom. The van der Waals surface area contributed by atoms with Gasteiger partial charge in [-0.15, -0.1) is 0 Å². The van der Waals surface area contributed by atoms with Gasteiger partial charge in [0.2, 0.25) is 0 Å². The van der Waals surface area contributed by atoms with E-state index < -0.39 is 23.6 Å². The number of hydrogen-bond acceptors (Lipinski definition) is 4. The Morgan fingerprint density at radius 1 is 1.24 bits per heavy atom. The Balaban J connectivity index is 3.05. The first-order chi connectivity index (χ1) is 9.75. The van der Waals surface area contributed by atoms with Crippen molar-refractivity contribution in [2.75, 3.05) is 0 Å². The maximum absolute atomic E-state index is 11.6. The second kappa shape index (κ2) is 6.92. The third-order valence-electron chi connectivity index (χ3n) is 4.50. The zero-order valence-corrected chi connectivity index (χ0v) is 13.4. The van der Waals surface area contributed by atoms with Gasteiger partial charge in [0.1, 0.15) is 11.7 Å². The Morgan fingerprint density at radius 3 is 2.29 bits per heavy atom. The number of ether oxygens (including phenoxy) is 2. The molecule has 4 heteroatoms. The van der Waals surface area contributed by atoms with E-state index in [1.165, 1.54) is 0 Å². The highest BCUT2D eigenvalue weighted by Crippen LogP contribution is 2.43. The second-order valence-electron chi connectivity index (χ2n) is 6.31. The molecule has 0 aliphatic heterocycles. The van der Waals surface area contributed by atoms with Crippen molar-refractivity contribution in [3.05, 3.63) is 25.3 Å². The Hall–Kier alpha value is -1.58. The van der Waals surface area contributed by atoms with Crippen LogP contribution in [-0.2, 0) is 19.1 Å². The van der Waals surface area contributed by atoms with Gasteiger partial charge in [-0.25, -0.2) is 9.59 Å². The van der Waals surface area contributed by atoms with Gasteiger partial charge in [0.25, 0.3) is 0 Å². The first-order valence-electron chi connectivity index (χ1n) is 7.43. The zero-order valence-electron chi connectivity index (χ0n) is 13.4. The van der Waals surface area contributed by atoms with Crippen molar-refractivity contribution in [2.24, 2.45) is 17.8 Å². The monoisotopic (exact) mass is 294 g/mol. The standard InChI is InChI=1S/C17H26O4/c1-7-14(18)20-16-12(5)13(11(3)4)9-10-17(16,6)21-15(19)8-2/h7-8,11-13,16H,1-2,9-10H2,3-6H3. The Kier molecular flexibility index (Phi) is 5.76. The molecule has 0 radical (unpaired) electrons. The van der Waals surface area contributed by atoms with E-state index in [0.29, 0.717) is 18.3 Å². The van der Waals surface area contributed by atoms with Gasteiger partial charge in [-0.2, -0.15) is 0 Å². The van der Waals surface area contributed by atoms with E-state index in [0.717, 1.165) is 18.6 Å². The molecule has 0 amide bonds. The highest BCUT2D eigenvalue weighted by atomic mass is 16.6. The van der Waals surface area contributed by atoms with Gasteiger partial charge in [-0.1, -0.05) is 33.9 Å². The largest absolute Gasteiger partial charge is 0.455 e. The average Bonchev–Trinajstić information content (AvgIpc) is 2.42.